The van der Waals surface area contributed by atoms with Crippen LogP contribution in [-0.4, -0.2) is 76.6 Å². The van der Waals surface area contributed by atoms with E-state index in [0.29, 0.717) is 38.9 Å². The molecule has 2 fully saturated rings. The maximum absolute atomic E-state index is 12.7. The van der Waals surface area contributed by atoms with Crippen molar-refractivity contribution >= 4 is 33.4 Å². The molecule has 29 heavy (non-hydrogen) atoms. The summed E-state index contributed by atoms with van der Waals surface area (Å²) in [7, 11) is 1.64. The van der Waals surface area contributed by atoms with E-state index in [0.717, 1.165) is 28.1 Å². The lowest BCUT2D eigenvalue weighted by atomic mass is 10.0. The molecule has 2 amide bonds. The number of hydrogen-bond donors (Lipinski definition) is 2. The summed E-state index contributed by atoms with van der Waals surface area (Å²) in [6.07, 6.45) is 2.87. The second-order valence-corrected chi connectivity index (χ2v) is 9.02. The first-order valence-corrected chi connectivity index (χ1v) is 11.1. The number of fused-ring (bicyclic) bond motifs is 1. The molecule has 1 aromatic carbocycles. The lowest BCUT2D eigenvalue weighted by Crippen LogP contribution is -2.51. The minimum Gasteiger partial charge on any atom is -0.392 e. The highest BCUT2D eigenvalue weighted by Gasteiger charge is 2.40. The quantitative estimate of drug-likeness (QED) is 0.770. The summed E-state index contributed by atoms with van der Waals surface area (Å²) < 4.78 is 1.16. The molecular formula is C21H28N4O3S. The van der Waals surface area contributed by atoms with Gasteiger partial charge in [-0.15, -0.1) is 11.3 Å². The number of carbonyl (C=O) groups is 2. The molecule has 0 aliphatic carbocycles. The fourth-order valence-corrected chi connectivity index (χ4v) is 5.48. The van der Waals surface area contributed by atoms with Gasteiger partial charge < -0.3 is 15.3 Å². The van der Waals surface area contributed by atoms with Crippen molar-refractivity contribution in [2.45, 2.75) is 50.3 Å². The largest absolute Gasteiger partial charge is 0.392 e. The number of β-amino-alcohol motifs (C(OH)–C–C–N with tert-alkyl or cyclic N) is 1. The van der Waals surface area contributed by atoms with Crippen LogP contribution in [0.15, 0.2) is 24.3 Å². The van der Waals surface area contributed by atoms with Crippen LogP contribution >= 0.6 is 11.3 Å². The molecule has 0 radical (unpaired) electrons. The molecule has 0 spiro atoms. The molecule has 2 atom stereocenters. The minimum absolute atomic E-state index is 0.0316. The lowest BCUT2D eigenvalue weighted by Gasteiger charge is -2.38. The number of hydrogen-bond acceptors (Lipinski definition) is 6. The summed E-state index contributed by atoms with van der Waals surface area (Å²) in [5, 5.41) is 13.7. The monoisotopic (exact) mass is 416 g/mol. The van der Waals surface area contributed by atoms with Gasteiger partial charge in [0, 0.05) is 45.6 Å². The highest BCUT2D eigenvalue weighted by Crippen LogP contribution is 2.27. The van der Waals surface area contributed by atoms with Gasteiger partial charge in [-0.3, -0.25) is 14.5 Å². The molecule has 2 aliphatic heterocycles. The molecule has 7 nitrogen and oxygen atoms in total. The van der Waals surface area contributed by atoms with Crippen LogP contribution < -0.4 is 5.32 Å². The first-order chi connectivity index (χ1) is 14.0. The number of aliphatic hydroxyl groups excluding tert-OH is 1. The van der Waals surface area contributed by atoms with Gasteiger partial charge in [0.15, 0.2) is 0 Å². The number of benzene rings is 1. The van der Waals surface area contributed by atoms with Gasteiger partial charge in [-0.2, -0.15) is 0 Å². The van der Waals surface area contributed by atoms with E-state index in [1.165, 1.54) is 0 Å². The van der Waals surface area contributed by atoms with Gasteiger partial charge in [0.2, 0.25) is 11.8 Å². The third-order valence-corrected chi connectivity index (χ3v) is 7.14. The molecular weight excluding hydrogens is 388 g/mol. The number of amides is 2. The predicted molar refractivity (Wildman–Crippen MR) is 113 cm³/mol. The van der Waals surface area contributed by atoms with E-state index in [1.807, 2.05) is 23.1 Å². The van der Waals surface area contributed by atoms with E-state index in [-0.39, 0.29) is 23.9 Å². The number of thiazole rings is 1. The molecule has 0 saturated carbocycles. The molecule has 4 rings (SSSR count). The maximum atomic E-state index is 12.7. The Morgan fingerprint density at radius 3 is 2.76 bits per heavy atom. The molecule has 2 saturated heterocycles. The Hall–Kier alpha value is -2.03. The molecule has 8 heteroatoms. The summed E-state index contributed by atoms with van der Waals surface area (Å²) in [5.41, 5.74) is 0.999. The van der Waals surface area contributed by atoms with E-state index in [9.17, 15) is 14.7 Å². The Morgan fingerprint density at radius 1 is 1.28 bits per heavy atom. The van der Waals surface area contributed by atoms with Crippen LogP contribution in [-0.2, 0) is 16.0 Å². The van der Waals surface area contributed by atoms with Crippen molar-refractivity contribution < 1.29 is 14.7 Å². The number of aryl methyl sites for hydroxylation is 1. The number of likely N-dealkylation sites (N-methyl/N-ethyl adjacent to an activating group) is 1. The SMILES string of the molecule is CNC(=O)[C@@H]1C[C@@H](O)CN1C1CCN(C(=O)CCc2nc3ccccc3s2)CC1. The van der Waals surface area contributed by atoms with Crippen molar-refractivity contribution in [2.75, 3.05) is 26.7 Å². The highest BCUT2D eigenvalue weighted by molar-refractivity contribution is 7.18. The number of likely N-dealkylation sites (tertiary alicyclic amines) is 2. The Labute approximate surface area is 174 Å². The third kappa shape index (κ3) is 4.44. The summed E-state index contributed by atoms with van der Waals surface area (Å²) in [6, 6.07) is 8.03. The van der Waals surface area contributed by atoms with E-state index < -0.39 is 6.10 Å². The molecule has 156 valence electrons. The van der Waals surface area contributed by atoms with Crippen LogP contribution in [0.1, 0.15) is 30.7 Å². The van der Waals surface area contributed by atoms with Crippen molar-refractivity contribution in [3.05, 3.63) is 29.3 Å². The summed E-state index contributed by atoms with van der Waals surface area (Å²) >= 11 is 1.66. The topological polar surface area (TPSA) is 85.8 Å². The lowest BCUT2D eigenvalue weighted by molar-refractivity contribution is -0.133. The van der Waals surface area contributed by atoms with Crippen molar-refractivity contribution in [1.29, 1.82) is 0 Å². The number of rotatable bonds is 5. The van der Waals surface area contributed by atoms with Crippen molar-refractivity contribution in [1.82, 2.24) is 20.1 Å². The number of aromatic nitrogens is 1. The smallest absolute Gasteiger partial charge is 0.237 e. The van der Waals surface area contributed by atoms with Crippen LogP contribution in [0.3, 0.4) is 0 Å². The van der Waals surface area contributed by atoms with E-state index >= 15 is 0 Å². The summed E-state index contributed by atoms with van der Waals surface area (Å²) in [6.45, 7) is 1.95. The van der Waals surface area contributed by atoms with Gasteiger partial charge in [0.05, 0.1) is 27.4 Å². The molecule has 2 aliphatic rings. The molecule has 0 unspecified atom stereocenters. The number of piperidine rings is 1. The Morgan fingerprint density at radius 2 is 2.03 bits per heavy atom. The van der Waals surface area contributed by atoms with Crippen LogP contribution in [0, 0.1) is 0 Å². The summed E-state index contributed by atoms with van der Waals surface area (Å²) in [5.74, 6) is 0.142. The highest BCUT2D eigenvalue weighted by atomic mass is 32.1. The van der Waals surface area contributed by atoms with Crippen LogP contribution in [0.4, 0.5) is 0 Å². The van der Waals surface area contributed by atoms with Crippen molar-refractivity contribution in [3.8, 4) is 0 Å². The van der Waals surface area contributed by atoms with Crippen LogP contribution in [0.5, 0.6) is 0 Å². The van der Waals surface area contributed by atoms with Gasteiger partial charge in [0.25, 0.3) is 0 Å². The fraction of sp³-hybridized carbons (Fsp3) is 0.571. The molecule has 2 aromatic rings. The molecule has 2 N–H and O–H groups in total. The normalized spacial score (nSPS) is 23.6. The number of nitrogens with one attached hydrogen (secondary N) is 1. The van der Waals surface area contributed by atoms with Gasteiger partial charge in [-0.1, -0.05) is 12.1 Å². The Balaban J connectivity index is 1.28. The van der Waals surface area contributed by atoms with Gasteiger partial charge in [-0.05, 0) is 31.4 Å². The number of aliphatic hydroxyl groups is 1. The second kappa shape index (κ2) is 8.77. The van der Waals surface area contributed by atoms with Gasteiger partial charge >= 0.3 is 0 Å². The van der Waals surface area contributed by atoms with Crippen molar-refractivity contribution in [3.63, 3.8) is 0 Å². The number of carbonyl (C=O) groups excluding carboxylic acids is 2. The zero-order valence-corrected chi connectivity index (χ0v) is 17.5. The zero-order chi connectivity index (χ0) is 20.4. The standard InChI is InChI=1S/C21H28N4O3S/c1-22-21(28)17-12-15(26)13-25(17)14-8-10-24(11-9-14)20(27)7-6-19-23-16-4-2-3-5-18(16)29-19/h2-5,14-15,17,26H,6-13H2,1H3,(H,22,28)/t15-,17+/m1/s1. The van der Waals surface area contributed by atoms with E-state index in [2.05, 4.69) is 21.3 Å². The van der Waals surface area contributed by atoms with Gasteiger partial charge in [0.1, 0.15) is 0 Å². The summed E-state index contributed by atoms with van der Waals surface area (Å²) in [4.78, 5) is 33.5. The number of para-hydroxylation sites is 1. The van der Waals surface area contributed by atoms with E-state index in [4.69, 9.17) is 0 Å². The molecule has 3 heterocycles. The first kappa shape index (κ1) is 20.3. The average molecular weight is 417 g/mol. The van der Waals surface area contributed by atoms with Gasteiger partial charge in [-0.25, -0.2) is 4.98 Å². The average Bonchev–Trinajstić information content (AvgIpc) is 3.34. The minimum atomic E-state index is -0.453. The second-order valence-electron chi connectivity index (χ2n) is 7.90. The van der Waals surface area contributed by atoms with Crippen molar-refractivity contribution in [2.24, 2.45) is 0 Å². The van der Waals surface area contributed by atoms with E-state index in [1.54, 1.807) is 18.4 Å². The van der Waals surface area contributed by atoms with Crippen LogP contribution in [0.2, 0.25) is 0 Å². The molecule has 0 bridgehead atoms. The molecule has 1 aromatic heterocycles. The Kier molecular flexibility index (Phi) is 6.12. The zero-order valence-electron chi connectivity index (χ0n) is 16.7. The first-order valence-electron chi connectivity index (χ1n) is 10.3. The fourth-order valence-electron chi connectivity index (χ4n) is 4.51. The predicted octanol–water partition coefficient (Wildman–Crippen LogP) is 1.40. The maximum Gasteiger partial charge on any atom is 0.237 e. The Bertz CT molecular complexity index is 845. The van der Waals surface area contributed by atoms with Crippen LogP contribution in [0.25, 0.3) is 10.2 Å². The number of nitrogens with zero attached hydrogens (tertiary/aromatic N) is 3. The third-order valence-electron chi connectivity index (χ3n) is 6.04.